The minimum atomic E-state index is -0.118. The van der Waals surface area contributed by atoms with Crippen molar-refractivity contribution in [2.45, 2.75) is 26.2 Å². The maximum atomic E-state index is 12.3. The van der Waals surface area contributed by atoms with Crippen LogP contribution in [0.5, 0.6) is 0 Å². The average Bonchev–Trinajstić information content (AvgIpc) is 3.15. The van der Waals surface area contributed by atoms with Crippen molar-refractivity contribution in [3.63, 3.8) is 0 Å². The number of anilines is 1. The van der Waals surface area contributed by atoms with E-state index >= 15 is 0 Å². The van der Waals surface area contributed by atoms with Crippen molar-refractivity contribution >= 4 is 11.6 Å². The molecule has 3 rings (SSSR count). The first-order chi connectivity index (χ1) is 11.8. The lowest BCUT2D eigenvalue weighted by molar-refractivity contribution is 0.102. The molecule has 0 radical (unpaired) electrons. The summed E-state index contributed by atoms with van der Waals surface area (Å²) in [5.41, 5.74) is 3.48. The fourth-order valence-corrected chi connectivity index (χ4v) is 2.38. The largest absolute Gasteiger partial charge is 0.322 e. The minimum Gasteiger partial charge on any atom is -0.322 e. The third-order valence-electron chi connectivity index (χ3n) is 3.77. The fourth-order valence-electron chi connectivity index (χ4n) is 2.38. The molecule has 0 aliphatic carbocycles. The van der Waals surface area contributed by atoms with E-state index in [1.54, 1.807) is 4.68 Å². The SMILES string of the molecule is CCCCc1ccc(C(=O)Nc2ccc(-n3cnnn3)cc2)cc1. The zero-order valence-corrected chi connectivity index (χ0v) is 13.5. The van der Waals surface area contributed by atoms with Crippen LogP contribution in [0.1, 0.15) is 35.7 Å². The second kappa shape index (κ2) is 7.50. The Morgan fingerprint density at radius 1 is 1.08 bits per heavy atom. The second-order valence-electron chi connectivity index (χ2n) is 5.56. The maximum Gasteiger partial charge on any atom is 0.255 e. The molecule has 6 heteroatoms. The summed E-state index contributed by atoms with van der Waals surface area (Å²) in [6.45, 7) is 2.17. The predicted octanol–water partition coefficient (Wildman–Crippen LogP) is 3.26. The van der Waals surface area contributed by atoms with Crippen LogP contribution in [-0.2, 0) is 6.42 Å². The van der Waals surface area contributed by atoms with E-state index in [9.17, 15) is 4.79 Å². The van der Waals surface area contributed by atoms with E-state index < -0.39 is 0 Å². The Bertz CT molecular complexity index is 779. The molecule has 0 saturated carbocycles. The van der Waals surface area contributed by atoms with Gasteiger partial charge in [0, 0.05) is 11.3 Å². The van der Waals surface area contributed by atoms with Crippen molar-refractivity contribution in [1.29, 1.82) is 0 Å². The molecule has 1 heterocycles. The number of nitrogens with one attached hydrogen (secondary N) is 1. The van der Waals surface area contributed by atoms with Crippen molar-refractivity contribution in [3.05, 3.63) is 66.0 Å². The zero-order chi connectivity index (χ0) is 16.8. The minimum absolute atomic E-state index is 0.118. The first-order valence-corrected chi connectivity index (χ1v) is 8.00. The molecule has 3 aromatic rings. The molecule has 0 spiro atoms. The summed E-state index contributed by atoms with van der Waals surface area (Å²) in [6.07, 6.45) is 4.91. The van der Waals surface area contributed by atoms with Crippen LogP contribution in [0.4, 0.5) is 5.69 Å². The fraction of sp³-hybridized carbons (Fsp3) is 0.222. The summed E-state index contributed by atoms with van der Waals surface area (Å²) >= 11 is 0. The van der Waals surface area contributed by atoms with Gasteiger partial charge >= 0.3 is 0 Å². The van der Waals surface area contributed by atoms with Gasteiger partial charge in [-0.2, -0.15) is 0 Å². The number of aryl methyl sites for hydroxylation is 1. The first kappa shape index (κ1) is 15.9. The van der Waals surface area contributed by atoms with Gasteiger partial charge in [-0.3, -0.25) is 4.79 Å². The number of nitrogens with zero attached hydrogens (tertiary/aromatic N) is 4. The molecule has 1 amide bonds. The van der Waals surface area contributed by atoms with Crippen LogP contribution in [0.15, 0.2) is 54.9 Å². The summed E-state index contributed by atoms with van der Waals surface area (Å²) in [5, 5.41) is 13.9. The molecule has 0 bridgehead atoms. The highest BCUT2D eigenvalue weighted by Gasteiger charge is 2.06. The van der Waals surface area contributed by atoms with Crippen LogP contribution in [0.25, 0.3) is 5.69 Å². The first-order valence-electron chi connectivity index (χ1n) is 8.00. The number of amides is 1. The molecular weight excluding hydrogens is 302 g/mol. The molecule has 0 unspecified atom stereocenters. The average molecular weight is 321 g/mol. The van der Waals surface area contributed by atoms with Gasteiger partial charge in [0.25, 0.3) is 5.91 Å². The van der Waals surface area contributed by atoms with Gasteiger partial charge in [-0.1, -0.05) is 25.5 Å². The Balaban J connectivity index is 1.64. The van der Waals surface area contributed by atoms with Gasteiger partial charge in [0.2, 0.25) is 0 Å². The Hall–Kier alpha value is -3.02. The van der Waals surface area contributed by atoms with Crippen LogP contribution < -0.4 is 5.32 Å². The highest BCUT2D eigenvalue weighted by Crippen LogP contribution is 2.14. The number of hydrogen-bond donors (Lipinski definition) is 1. The second-order valence-corrected chi connectivity index (χ2v) is 5.56. The van der Waals surface area contributed by atoms with Crippen molar-refractivity contribution in [3.8, 4) is 5.69 Å². The lowest BCUT2D eigenvalue weighted by atomic mass is 10.1. The quantitative estimate of drug-likeness (QED) is 0.756. The van der Waals surface area contributed by atoms with Crippen molar-refractivity contribution in [1.82, 2.24) is 20.2 Å². The number of benzene rings is 2. The molecule has 6 nitrogen and oxygen atoms in total. The summed E-state index contributed by atoms with van der Waals surface area (Å²) in [5.74, 6) is -0.118. The summed E-state index contributed by atoms with van der Waals surface area (Å²) in [7, 11) is 0. The van der Waals surface area contributed by atoms with E-state index in [-0.39, 0.29) is 5.91 Å². The smallest absolute Gasteiger partial charge is 0.255 e. The van der Waals surface area contributed by atoms with E-state index in [1.165, 1.54) is 24.7 Å². The van der Waals surface area contributed by atoms with Gasteiger partial charge in [-0.15, -0.1) is 5.10 Å². The van der Waals surface area contributed by atoms with Crippen LogP contribution in [0, 0.1) is 0 Å². The van der Waals surface area contributed by atoms with Gasteiger partial charge < -0.3 is 5.32 Å². The molecule has 1 N–H and O–H groups in total. The Labute approximate surface area is 140 Å². The van der Waals surface area contributed by atoms with Crippen molar-refractivity contribution in [2.24, 2.45) is 0 Å². The summed E-state index contributed by atoms with van der Waals surface area (Å²) < 4.78 is 1.56. The Morgan fingerprint density at radius 2 is 1.83 bits per heavy atom. The van der Waals surface area contributed by atoms with Gasteiger partial charge in [0.1, 0.15) is 6.33 Å². The molecule has 1 aromatic heterocycles. The van der Waals surface area contributed by atoms with Crippen LogP contribution in [0.3, 0.4) is 0 Å². The number of carbonyl (C=O) groups excluding carboxylic acids is 1. The number of aromatic nitrogens is 4. The molecule has 0 aliphatic rings. The van der Waals surface area contributed by atoms with Gasteiger partial charge in [0.05, 0.1) is 5.69 Å². The highest BCUT2D eigenvalue weighted by atomic mass is 16.1. The number of tetrazole rings is 1. The lowest BCUT2D eigenvalue weighted by Crippen LogP contribution is -2.11. The van der Waals surface area contributed by atoms with E-state index in [0.717, 1.165) is 17.8 Å². The van der Waals surface area contributed by atoms with Gasteiger partial charge in [-0.25, -0.2) is 4.68 Å². The molecule has 2 aromatic carbocycles. The summed E-state index contributed by atoms with van der Waals surface area (Å²) in [6, 6.07) is 15.1. The molecule has 24 heavy (non-hydrogen) atoms. The number of unbranched alkanes of at least 4 members (excludes halogenated alkanes) is 1. The molecule has 122 valence electrons. The van der Waals surface area contributed by atoms with Crippen molar-refractivity contribution < 1.29 is 4.79 Å². The van der Waals surface area contributed by atoms with E-state index in [4.69, 9.17) is 0 Å². The number of rotatable bonds is 6. The molecule has 0 saturated heterocycles. The molecule has 0 aliphatic heterocycles. The van der Waals surface area contributed by atoms with Gasteiger partial charge in [0.15, 0.2) is 0 Å². The monoisotopic (exact) mass is 321 g/mol. The molecule has 0 fully saturated rings. The van der Waals surface area contributed by atoms with Crippen molar-refractivity contribution in [2.75, 3.05) is 5.32 Å². The number of hydrogen-bond acceptors (Lipinski definition) is 4. The van der Waals surface area contributed by atoms with E-state index in [1.807, 2.05) is 48.5 Å². The maximum absolute atomic E-state index is 12.3. The van der Waals surface area contributed by atoms with E-state index in [2.05, 4.69) is 27.8 Å². The number of carbonyl (C=O) groups is 1. The summed E-state index contributed by atoms with van der Waals surface area (Å²) in [4.78, 5) is 12.3. The van der Waals surface area contributed by atoms with Crippen LogP contribution in [0.2, 0.25) is 0 Å². The Morgan fingerprint density at radius 3 is 2.46 bits per heavy atom. The van der Waals surface area contributed by atoms with Crippen LogP contribution >= 0.6 is 0 Å². The van der Waals surface area contributed by atoms with E-state index in [0.29, 0.717) is 5.56 Å². The molecular formula is C18H19N5O. The van der Waals surface area contributed by atoms with Gasteiger partial charge in [-0.05, 0) is 65.2 Å². The topological polar surface area (TPSA) is 72.7 Å². The zero-order valence-electron chi connectivity index (χ0n) is 13.5. The van der Waals surface area contributed by atoms with Crippen LogP contribution in [-0.4, -0.2) is 26.1 Å². The normalized spacial score (nSPS) is 10.5. The predicted molar refractivity (Wildman–Crippen MR) is 92.2 cm³/mol. The standard InChI is InChI=1S/C18H19N5O/c1-2-3-4-14-5-7-15(8-6-14)18(24)20-16-9-11-17(12-10-16)23-13-19-21-22-23/h5-13H,2-4H2,1H3,(H,20,24). The lowest BCUT2D eigenvalue weighted by Gasteiger charge is -2.07. The third-order valence-corrected chi connectivity index (χ3v) is 3.77. The Kier molecular flexibility index (Phi) is 4.96. The highest BCUT2D eigenvalue weighted by molar-refractivity contribution is 6.04. The third kappa shape index (κ3) is 3.84. The molecule has 0 atom stereocenters.